The smallest absolute Gasteiger partial charge is 0.172 e. The molecular formula is C28H26BrNO4. The summed E-state index contributed by atoms with van der Waals surface area (Å²) in [4.78, 5) is 0. The van der Waals surface area contributed by atoms with Crippen LogP contribution in [0.25, 0.3) is 28.5 Å². The number of hydrogen-bond acceptors (Lipinski definition) is 5. The lowest BCUT2D eigenvalue weighted by atomic mass is 9.82. The van der Waals surface area contributed by atoms with Crippen molar-refractivity contribution in [2.75, 3.05) is 12.4 Å². The Hall–Kier alpha value is -3.22. The van der Waals surface area contributed by atoms with Gasteiger partial charge < -0.3 is 25.0 Å². The minimum absolute atomic E-state index is 0.0574. The number of phenols is 1. The molecule has 5 rings (SSSR count). The van der Waals surface area contributed by atoms with Gasteiger partial charge in [0.1, 0.15) is 11.5 Å². The second-order valence-corrected chi connectivity index (χ2v) is 10.1. The standard InChI is InChI=1S/C28H26BrNO4/c1-15-13-28(2,3)30-20-8-7-19-25(24(15)20)23(12-17-11-18(29)6-5-16(17)14-31)34-22-10-9-21(32)27(33-4)26(19)22/h5-13,30-32H,14H2,1-4H3. The number of rotatable bonds is 3. The van der Waals surface area contributed by atoms with E-state index in [9.17, 15) is 10.2 Å². The van der Waals surface area contributed by atoms with Crippen LogP contribution < -0.4 is 14.8 Å². The number of phenolic OH excluding ortho intramolecular Hbond substituents is 1. The molecule has 0 radical (unpaired) electrons. The quantitative estimate of drug-likeness (QED) is 0.354. The molecule has 2 aliphatic rings. The number of anilines is 1. The molecule has 0 aliphatic carbocycles. The molecule has 34 heavy (non-hydrogen) atoms. The van der Waals surface area contributed by atoms with Crippen molar-refractivity contribution in [1.82, 2.24) is 0 Å². The second-order valence-electron chi connectivity index (χ2n) is 9.19. The number of aliphatic hydroxyl groups excluding tert-OH is 1. The van der Waals surface area contributed by atoms with E-state index in [1.807, 2.05) is 30.3 Å². The third-order valence-electron chi connectivity index (χ3n) is 6.24. The van der Waals surface area contributed by atoms with E-state index in [2.05, 4.69) is 54.2 Å². The highest BCUT2D eigenvalue weighted by molar-refractivity contribution is 9.10. The van der Waals surface area contributed by atoms with Crippen LogP contribution >= 0.6 is 15.9 Å². The molecule has 0 fully saturated rings. The van der Waals surface area contributed by atoms with Crippen LogP contribution in [-0.4, -0.2) is 22.9 Å². The van der Waals surface area contributed by atoms with Gasteiger partial charge >= 0.3 is 0 Å². The number of methoxy groups -OCH3 is 1. The van der Waals surface area contributed by atoms with E-state index < -0.39 is 0 Å². The molecule has 0 atom stereocenters. The van der Waals surface area contributed by atoms with Crippen LogP contribution in [0.15, 0.2) is 53.0 Å². The van der Waals surface area contributed by atoms with Gasteiger partial charge in [-0.2, -0.15) is 0 Å². The van der Waals surface area contributed by atoms with Crippen molar-refractivity contribution in [3.63, 3.8) is 0 Å². The van der Waals surface area contributed by atoms with Crippen molar-refractivity contribution in [3.05, 3.63) is 75.3 Å². The fourth-order valence-corrected chi connectivity index (χ4v) is 5.31. The predicted octanol–water partition coefficient (Wildman–Crippen LogP) is 6.82. The van der Waals surface area contributed by atoms with Crippen molar-refractivity contribution >= 4 is 39.0 Å². The number of nitrogens with one attached hydrogen (secondary N) is 1. The summed E-state index contributed by atoms with van der Waals surface area (Å²) in [5, 5.41) is 24.0. The molecule has 2 aliphatic heterocycles. The Morgan fingerprint density at radius 1 is 1.09 bits per heavy atom. The topological polar surface area (TPSA) is 71.0 Å². The molecule has 0 unspecified atom stereocenters. The number of fused-ring (bicyclic) bond motifs is 5. The Balaban J connectivity index is 1.85. The van der Waals surface area contributed by atoms with Crippen LogP contribution in [-0.2, 0) is 6.61 Å². The third-order valence-corrected chi connectivity index (χ3v) is 6.73. The van der Waals surface area contributed by atoms with E-state index in [4.69, 9.17) is 9.47 Å². The van der Waals surface area contributed by atoms with Gasteiger partial charge in [0.25, 0.3) is 0 Å². The third kappa shape index (κ3) is 3.67. The highest BCUT2D eigenvalue weighted by atomic mass is 79.9. The number of aromatic hydroxyl groups is 1. The average molecular weight is 520 g/mol. The minimum Gasteiger partial charge on any atom is -0.504 e. The molecule has 2 heterocycles. The zero-order valence-electron chi connectivity index (χ0n) is 19.5. The van der Waals surface area contributed by atoms with Gasteiger partial charge in [-0.05, 0) is 73.9 Å². The fourth-order valence-electron chi connectivity index (χ4n) is 4.93. The maximum Gasteiger partial charge on any atom is 0.172 e. The van der Waals surface area contributed by atoms with Crippen molar-refractivity contribution < 1.29 is 19.7 Å². The van der Waals surface area contributed by atoms with Crippen LogP contribution in [0.2, 0.25) is 0 Å². The number of ether oxygens (including phenoxy) is 2. The molecule has 3 aromatic carbocycles. The van der Waals surface area contributed by atoms with E-state index >= 15 is 0 Å². The van der Waals surface area contributed by atoms with Crippen LogP contribution in [0, 0.1) is 0 Å². The summed E-state index contributed by atoms with van der Waals surface area (Å²) < 4.78 is 13.0. The van der Waals surface area contributed by atoms with Gasteiger partial charge in [0.2, 0.25) is 0 Å². The number of halogens is 1. The maximum atomic E-state index is 10.5. The maximum absolute atomic E-state index is 10.5. The second kappa shape index (κ2) is 8.22. The average Bonchev–Trinajstić information content (AvgIpc) is 2.78. The summed E-state index contributed by atoms with van der Waals surface area (Å²) >= 11 is 3.54. The Kier molecular flexibility index (Phi) is 5.46. The first-order chi connectivity index (χ1) is 16.2. The summed E-state index contributed by atoms with van der Waals surface area (Å²) in [6.07, 6.45) is 4.17. The van der Waals surface area contributed by atoms with Gasteiger partial charge in [-0.3, -0.25) is 0 Å². The van der Waals surface area contributed by atoms with E-state index in [1.54, 1.807) is 19.2 Å². The number of hydrogen-bond donors (Lipinski definition) is 3. The van der Waals surface area contributed by atoms with Gasteiger partial charge in [-0.1, -0.05) is 34.1 Å². The highest BCUT2D eigenvalue weighted by Gasteiger charge is 2.33. The van der Waals surface area contributed by atoms with Crippen molar-refractivity contribution in [1.29, 1.82) is 0 Å². The Bertz CT molecular complexity index is 1390. The van der Waals surface area contributed by atoms with Crippen molar-refractivity contribution in [2.24, 2.45) is 0 Å². The van der Waals surface area contributed by atoms with Gasteiger partial charge in [0.15, 0.2) is 11.5 Å². The summed E-state index contributed by atoms with van der Waals surface area (Å²) in [6, 6.07) is 13.2. The van der Waals surface area contributed by atoms with Gasteiger partial charge in [0.05, 0.1) is 24.8 Å². The number of allylic oxidation sites excluding steroid dienone is 1. The molecule has 0 bridgehead atoms. The van der Waals surface area contributed by atoms with Crippen LogP contribution in [0.3, 0.4) is 0 Å². The lowest BCUT2D eigenvalue weighted by Crippen LogP contribution is -2.32. The van der Waals surface area contributed by atoms with Gasteiger partial charge in [-0.25, -0.2) is 0 Å². The molecule has 0 amide bonds. The molecule has 3 aromatic rings. The summed E-state index contributed by atoms with van der Waals surface area (Å²) in [6.45, 7) is 6.29. The SMILES string of the molecule is COc1c(O)ccc2c1-c1ccc3c(c1C(=Cc1cc(Br)ccc1CO)O2)C(C)=CC(C)(C)N3. The van der Waals surface area contributed by atoms with Gasteiger partial charge in [0, 0.05) is 26.9 Å². The van der Waals surface area contributed by atoms with Crippen LogP contribution in [0.4, 0.5) is 5.69 Å². The van der Waals surface area contributed by atoms with E-state index in [0.29, 0.717) is 22.8 Å². The Morgan fingerprint density at radius 3 is 2.62 bits per heavy atom. The Morgan fingerprint density at radius 2 is 1.88 bits per heavy atom. The van der Waals surface area contributed by atoms with E-state index in [-0.39, 0.29) is 17.9 Å². The summed E-state index contributed by atoms with van der Waals surface area (Å²) in [5.41, 5.74) is 7.19. The largest absolute Gasteiger partial charge is 0.504 e. The lowest BCUT2D eigenvalue weighted by molar-refractivity contribution is 0.281. The first kappa shape index (κ1) is 22.6. The number of benzene rings is 3. The molecule has 0 saturated carbocycles. The molecule has 6 heteroatoms. The number of aliphatic hydroxyl groups is 1. The van der Waals surface area contributed by atoms with Crippen molar-refractivity contribution in [3.8, 4) is 28.4 Å². The molecule has 0 aromatic heterocycles. The molecule has 5 nitrogen and oxygen atoms in total. The normalized spacial score (nSPS) is 16.5. The molecule has 3 N–H and O–H groups in total. The summed E-state index contributed by atoms with van der Waals surface area (Å²) in [7, 11) is 1.54. The minimum atomic E-state index is -0.188. The Labute approximate surface area is 207 Å². The molecular weight excluding hydrogens is 494 g/mol. The first-order valence-electron chi connectivity index (χ1n) is 11.1. The zero-order chi connectivity index (χ0) is 24.2. The first-order valence-corrected chi connectivity index (χ1v) is 11.9. The van der Waals surface area contributed by atoms with E-state index in [1.165, 1.54) is 0 Å². The predicted molar refractivity (Wildman–Crippen MR) is 140 cm³/mol. The molecule has 0 saturated heterocycles. The monoisotopic (exact) mass is 519 g/mol. The van der Waals surface area contributed by atoms with E-state index in [0.717, 1.165) is 43.6 Å². The molecule has 174 valence electrons. The lowest BCUT2D eigenvalue weighted by Gasteiger charge is -2.35. The zero-order valence-corrected chi connectivity index (χ0v) is 21.1. The van der Waals surface area contributed by atoms with Crippen LogP contribution in [0.1, 0.15) is 43.0 Å². The molecule has 0 spiro atoms. The van der Waals surface area contributed by atoms with Crippen LogP contribution in [0.5, 0.6) is 17.2 Å². The summed E-state index contributed by atoms with van der Waals surface area (Å²) in [5.74, 6) is 1.69. The van der Waals surface area contributed by atoms with Gasteiger partial charge in [-0.15, -0.1) is 0 Å². The highest BCUT2D eigenvalue weighted by Crippen LogP contribution is 2.54. The fraction of sp³-hybridized carbons (Fsp3) is 0.214. The van der Waals surface area contributed by atoms with Crippen molar-refractivity contribution in [2.45, 2.75) is 32.9 Å².